The van der Waals surface area contributed by atoms with Crippen LogP contribution in [0.2, 0.25) is 0 Å². The number of hydrogen-bond acceptors (Lipinski definition) is 2. The molecule has 0 bridgehead atoms. The molecule has 0 aliphatic heterocycles. The Morgan fingerprint density at radius 2 is 1.41 bits per heavy atom. The summed E-state index contributed by atoms with van der Waals surface area (Å²) in [5, 5.41) is 0. The van der Waals surface area contributed by atoms with Gasteiger partial charge in [-0.25, -0.2) is 0 Å². The third-order valence-corrected chi connectivity index (χ3v) is 3.09. The molecule has 0 saturated carbocycles. The van der Waals surface area contributed by atoms with Gasteiger partial charge in [0.15, 0.2) is 0 Å². The molecule has 6 heteroatoms. The molecule has 2 amide bonds. The van der Waals surface area contributed by atoms with Crippen molar-refractivity contribution in [1.29, 1.82) is 0 Å². The minimum Gasteiger partial charge on any atom is -0.278 e. The van der Waals surface area contributed by atoms with Gasteiger partial charge in [0.1, 0.15) is 0 Å². The lowest BCUT2D eigenvalue weighted by molar-refractivity contribution is -0.138. The summed E-state index contributed by atoms with van der Waals surface area (Å²) in [6, 6.07) is 12.3. The van der Waals surface area contributed by atoms with E-state index in [9.17, 15) is 22.8 Å². The van der Waals surface area contributed by atoms with Gasteiger partial charge in [0.2, 0.25) is 0 Å². The van der Waals surface area contributed by atoms with Gasteiger partial charge in [-0.2, -0.15) is 13.2 Å². The molecule has 2 aromatic carbocycles. The number of alkyl halides is 3. The van der Waals surface area contributed by atoms with Crippen molar-refractivity contribution in [1.82, 2.24) is 4.90 Å². The smallest absolute Gasteiger partial charge is 0.278 e. The van der Waals surface area contributed by atoms with Crippen LogP contribution < -0.4 is 0 Å². The minimum absolute atomic E-state index is 0.225. The third kappa shape index (κ3) is 3.16. The summed E-state index contributed by atoms with van der Waals surface area (Å²) >= 11 is 0. The van der Waals surface area contributed by atoms with Gasteiger partial charge in [-0.15, -0.1) is 0 Å². The second-order valence-corrected chi connectivity index (χ2v) is 4.58. The number of carbonyl (C=O) groups excluding carboxylic acids is 2. The van der Waals surface area contributed by atoms with Crippen molar-refractivity contribution in [3.8, 4) is 0 Å². The van der Waals surface area contributed by atoms with Crippen molar-refractivity contribution in [2.24, 2.45) is 0 Å². The maximum atomic E-state index is 12.9. The maximum Gasteiger partial charge on any atom is 0.417 e. The quantitative estimate of drug-likeness (QED) is 0.795. The molecule has 0 aromatic heterocycles. The fraction of sp³-hybridized carbons (Fsp3) is 0.125. The summed E-state index contributed by atoms with van der Waals surface area (Å²) in [6.45, 7) is 0. The Balaban J connectivity index is 2.35. The average molecular weight is 307 g/mol. The van der Waals surface area contributed by atoms with Crippen molar-refractivity contribution in [2.45, 2.75) is 6.18 Å². The summed E-state index contributed by atoms with van der Waals surface area (Å²) in [7, 11) is 1.16. The van der Waals surface area contributed by atoms with E-state index in [-0.39, 0.29) is 5.56 Å². The first kappa shape index (κ1) is 15.8. The normalized spacial score (nSPS) is 11.1. The molecule has 0 spiro atoms. The lowest BCUT2D eigenvalue weighted by atomic mass is 10.1. The summed E-state index contributed by atoms with van der Waals surface area (Å²) in [6.07, 6.45) is -4.66. The Labute approximate surface area is 125 Å². The van der Waals surface area contributed by atoms with E-state index < -0.39 is 29.1 Å². The van der Waals surface area contributed by atoms with Crippen molar-refractivity contribution in [3.63, 3.8) is 0 Å². The van der Waals surface area contributed by atoms with Crippen LogP contribution in [-0.2, 0) is 6.18 Å². The van der Waals surface area contributed by atoms with Crippen LogP contribution >= 0.6 is 0 Å². The largest absolute Gasteiger partial charge is 0.417 e. The van der Waals surface area contributed by atoms with E-state index in [2.05, 4.69) is 0 Å². The van der Waals surface area contributed by atoms with Gasteiger partial charge in [-0.1, -0.05) is 30.3 Å². The van der Waals surface area contributed by atoms with Crippen molar-refractivity contribution in [2.75, 3.05) is 7.05 Å². The zero-order valence-electron chi connectivity index (χ0n) is 11.6. The second kappa shape index (κ2) is 6.01. The van der Waals surface area contributed by atoms with E-state index in [1.54, 1.807) is 18.2 Å². The predicted octanol–water partition coefficient (Wildman–Crippen LogP) is 3.62. The van der Waals surface area contributed by atoms with Gasteiger partial charge in [-0.3, -0.25) is 14.5 Å². The summed E-state index contributed by atoms with van der Waals surface area (Å²) in [5.74, 6) is -1.66. The Morgan fingerprint density at radius 1 is 0.864 bits per heavy atom. The molecule has 0 fully saturated rings. The highest BCUT2D eigenvalue weighted by molar-refractivity contribution is 6.10. The standard InChI is InChI=1S/C16H12F3NO2/c1-20(14(21)11-7-3-2-4-8-11)15(22)12-9-5-6-10-13(12)16(17,18)19/h2-10H,1H3. The van der Waals surface area contributed by atoms with Crippen molar-refractivity contribution >= 4 is 11.8 Å². The molecule has 3 nitrogen and oxygen atoms in total. The lowest BCUT2D eigenvalue weighted by Crippen LogP contribution is -2.34. The SMILES string of the molecule is CN(C(=O)c1ccccc1)C(=O)c1ccccc1C(F)(F)F. The number of imide groups is 1. The molecular formula is C16H12F3NO2. The highest BCUT2D eigenvalue weighted by Gasteiger charge is 2.36. The molecule has 0 N–H and O–H groups in total. The first-order chi connectivity index (χ1) is 10.3. The summed E-state index contributed by atoms with van der Waals surface area (Å²) < 4.78 is 38.8. The molecule has 0 aliphatic rings. The molecule has 0 atom stereocenters. The Hall–Kier alpha value is -2.63. The third-order valence-electron chi connectivity index (χ3n) is 3.09. The van der Waals surface area contributed by atoms with E-state index in [1.807, 2.05) is 0 Å². The van der Waals surface area contributed by atoms with Crippen LogP contribution in [0, 0.1) is 0 Å². The lowest BCUT2D eigenvalue weighted by Gasteiger charge is -2.18. The van der Waals surface area contributed by atoms with Gasteiger partial charge in [0, 0.05) is 12.6 Å². The van der Waals surface area contributed by atoms with Crippen molar-refractivity contribution in [3.05, 3.63) is 71.3 Å². The van der Waals surface area contributed by atoms with Crippen LogP contribution in [0.3, 0.4) is 0 Å². The number of nitrogens with zero attached hydrogens (tertiary/aromatic N) is 1. The number of benzene rings is 2. The van der Waals surface area contributed by atoms with Crippen molar-refractivity contribution < 1.29 is 22.8 Å². The second-order valence-electron chi connectivity index (χ2n) is 4.58. The Bertz CT molecular complexity index is 696. The summed E-state index contributed by atoms with van der Waals surface area (Å²) in [4.78, 5) is 25.1. The molecule has 0 aliphatic carbocycles. The first-order valence-electron chi connectivity index (χ1n) is 6.36. The molecule has 0 heterocycles. The Kier molecular flexibility index (Phi) is 4.30. The summed E-state index contributed by atoms with van der Waals surface area (Å²) in [5.41, 5.74) is -1.39. The van der Waals surface area contributed by atoms with Crippen LogP contribution in [0.25, 0.3) is 0 Å². The average Bonchev–Trinajstić information content (AvgIpc) is 2.52. The number of carbonyl (C=O) groups is 2. The number of hydrogen-bond donors (Lipinski definition) is 0. The molecular weight excluding hydrogens is 295 g/mol. The van der Waals surface area contributed by atoms with Crippen LogP contribution in [0.5, 0.6) is 0 Å². The fourth-order valence-corrected chi connectivity index (χ4v) is 1.96. The number of rotatable bonds is 2. The fourth-order valence-electron chi connectivity index (χ4n) is 1.96. The Morgan fingerprint density at radius 3 is 2.00 bits per heavy atom. The molecule has 0 saturated heterocycles. The zero-order chi connectivity index (χ0) is 16.3. The van der Waals surface area contributed by atoms with E-state index >= 15 is 0 Å². The molecule has 22 heavy (non-hydrogen) atoms. The van der Waals surface area contributed by atoms with E-state index in [4.69, 9.17) is 0 Å². The van der Waals surface area contributed by atoms with Gasteiger partial charge in [-0.05, 0) is 24.3 Å². The van der Waals surface area contributed by atoms with Crippen LogP contribution in [0.4, 0.5) is 13.2 Å². The number of halogens is 3. The van der Waals surface area contributed by atoms with Gasteiger partial charge in [0.05, 0.1) is 11.1 Å². The number of amides is 2. The molecule has 2 aromatic rings. The van der Waals surface area contributed by atoms with Crippen LogP contribution in [-0.4, -0.2) is 23.8 Å². The monoisotopic (exact) mass is 307 g/mol. The molecule has 0 unspecified atom stereocenters. The van der Waals surface area contributed by atoms with Gasteiger partial charge < -0.3 is 0 Å². The molecule has 114 valence electrons. The first-order valence-corrected chi connectivity index (χ1v) is 6.36. The van der Waals surface area contributed by atoms with Crippen LogP contribution in [0.1, 0.15) is 26.3 Å². The zero-order valence-corrected chi connectivity index (χ0v) is 11.6. The van der Waals surface area contributed by atoms with Crippen LogP contribution in [0.15, 0.2) is 54.6 Å². The van der Waals surface area contributed by atoms with E-state index in [1.165, 1.54) is 24.3 Å². The van der Waals surface area contributed by atoms with Gasteiger partial charge in [0.25, 0.3) is 11.8 Å². The minimum atomic E-state index is -4.66. The van der Waals surface area contributed by atoms with E-state index in [0.717, 1.165) is 19.2 Å². The van der Waals surface area contributed by atoms with E-state index in [0.29, 0.717) is 4.90 Å². The molecule has 2 rings (SSSR count). The highest BCUT2D eigenvalue weighted by Crippen LogP contribution is 2.32. The topological polar surface area (TPSA) is 37.4 Å². The predicted molar refractivity (Wildman–Crippen MR) is 74.3 cm³/mol. The van der Waals surface area contributed by atoms with Gasteiger partial charge >= 0.3 is 6.18 Å². The highest BCUT2D eigenvalue weighted by atomic mass is 19.4. The molecule has 0 radical (unpaired) electrons. The maximum absolute atomic E-state index is 12.9.